The number of hydrogen-bond acceptors (Lipinski definition) is 2. The van der Waals surface area contributed by atoms with E-state index in [9.17, 15) is 0 Å². The Morgan fingerprint density at radius 2 is 1.15 bits per heavy atom. The van der Waals surface area contributed by atoms with Gasteiger partial charge in [0.2, 0.25) is 0 Å². The van der Waals surface area contributed by atoms with E-state index in [1.807, 2.05) is 0 Å². The lowest BCUT2D eigenvalue weighted by molar-refractivity contribution is 0.252. The van der Waals surface area contributed by atoms with Gasteiger partial charge < -0.3 is 8.85 Å². The Bertz CT molecular complexity index is 887. The largest absolute Gasteiger partial charge is 0.514 e. The van der Waals surface area contributed by atoms with Crippen LogP contribution in [0.4, 0.5) is 0 Å². The third-order valence-corrected chi connectivity index (χ3v) is 9.75. The van der Waals surface area contributed by atoms with E-state index in [1.54, 1.807) is 0 Å². The number of hydrogen-bond donors (Lipinski definition) is 0. The van der Waals surface area contributed by atoms with E-state index >= 15 is 0 Å². The SMILES string of the molecule is CCCCCCCCCCCO[Si](Oc1cccc(CC)c1)(c1ccccc1)c1ccccc1. The summed E-state index contributed by atoms with van der Waals surface area (Å²) in [6.07, 6.45) is 12.7. The van der Waals surface area contributed by atoms with Gasteiger partial charge in [0.15, 0.2) is 0 Å². The van der Waals surface area contributed by atoms with Gasteiger partial charge in [-0.3, -0.25) is 0 Å². The van der Waals surface area contributed by atoms with Crippen molar-refractivity contribution < 1.29 is 8.85 Å². The Morgan fingerprint density at radius 1 is 0.588 bits per heavy atom. The molecule has 0 aliphatic rings. The molecule has 0 fully saturated rings. The predicted molar refractivity (Wildman–Crippen MR) is 148 cm³/mol. The fourth-order valence-corrected chi connectivity index (χ4v) is 7.53. The molecule has 0 saturated carbocycles. The lowest BCUT2D eigenvalue weighted by Crippen LogP contribution is -2.66. The van der Waals surface area contributed by atoms with E-state index in [-0.39, 0.29) is 0 Å². The standard InChI is InChI=1S/C31H42O2Si/c1-3-5-6-7-8-9-10-11-18-26-32-34(30-22-14-12-15-23-30,31-24-16-13-17-25-31)33-29-21-19-20-28(4-2)27-29/h12-17,19-25,27H,3-11,18,26H2,1-2H3. The zero-order valence-corrected chi connectivity index (χ0v) is 22.2. The van der Waals surface area contributed by atoms with Crippen LogP contribution in [0.1, 0.15) is 77.2 Å². The Morgan fingerprint density at radius 3 is 1.71 bits per heavy atom. The van der Waals surface area contributed by atoms with Crippen molar-refractivity contribution in [1.29, 1.82) is 0 Å². The summed E-state index contributed by atoms with van der Waals surface area (Å²) in [6, 6.07) is 29.6. The molecule has 0 aliphatic heterocycles. The molecule has 3 aromatic rings. The highest BCUT2D eigenvalue weighted by atomic mass is 28.4. The molecule has 3 heteroatoms. The first kappa shape index (κ1) is 26.2. The van der Waals surface area contributed by atoms with Crippen LogP contribution in [0.15, 0.2) is 84.9 Å². The number of rotatable bonds is 16. The minimum absolute atomic E-state index is 0.722. The van der Waals surface area contributed by atoms with Crippen LogP contribution >= 0.6 is 0 Å². The number of benzene rings is 3. The molecule has 3 aromatic carbocycles. The highest BCUT2D eigenvalue weighted by Gasteiger charge is 2.45. The van der Waals surface area contributed by atoms with Crippen molar-refractivity contribution >= 4 is 18.9 Å². The second-order valence-corrected chi connectivity index (χ2v) is 12.0. The van der Waals surface area contributed by atoms with Gasteiger partial charge in [-0.05, 0) is 30.5 Å². The molecule has 0 atom stereocenters. The number of unbranched alkanes of at least 4 members (excludes halogenated alkanes) is 8. The van der Waals surface area contributed by atoms with Gasteiger partial charge in [-0.2, -0.15) is 0 Å². The van der Waals surface area contributed by atoms with Gasteiger partial charge >= 0.3 is 8.56 Å². The Hall–Kier alpha value is -2.36. The molecule has 0 N–H and O–H groups in total. The summed E-state index contributed by atoms with van der Waals surface area (Å²) >= 11 is 0. The predicted octanol–water partition coefficient (Wildman–Crippen LogP) is 7.43. The average Bonchev–Trinajstić information content (AvgIpc) is 2.90. The van der Waals surface area contributed by atoms with Crippen LogP contribution < -0.4 is 14.8 Å². The van der Waals surface area contributed by atoms with Gasteiger partial charge in [0.1, 0.15) is 5.75 Å². The van der Waals surface area contributed by atoms with Crippen molar-refractivity contribution in [2.75, 3.05) is 6.61 Å². The third kappa shape index (κ3) is 7.85. The summed E-state index contributed by atoms with van der Waals surface area (Å²) in [6.45, 7) is 5.18. The molecule has 2 nitrogen and oxygen atoms in total. The second-order valence-electron chi connectivity index (χ2n) is 9.13. The normalized spacial score (nSPS) is 11.5. The first-order valence-electron chi connectivity index (χ1n) is 13.3. The summed E-state index contributed by atoms with van der Waals surface area (Å²) in [5.41, 5.74) is 1.28. The topological polar surface area (TPSA) is 18.5 Å². The molecule has 34 heavy (non-hydrogen) atoms. The third-order valence-electron chi connectivity index (χ3n) is 6.43. The summed E-state index contributed by atoms with van der Waals surface area (Å²) in [5.74, 6) is 0.894. The lowest BCUT2D eigenvalue weighted by atomic mass is 10.1. The summed E-state index contributed by atoms with van der Waals surface area (Å²) < 4.78 is 13.8. The summed E-state index contributed by atoms with van der Waals surface area (Å²) in [5, 5.41) is 2.30. The van der Waals surface area contributed by atoms with Crippen molar-refractivity contribution in [3.8, 4) is 5.75 Å². The molecule has 0 spiro atoms. The molecule has 0 bridgehead atoms. The molecule has 182 valence electrons. The molecule has 0 aliphatic carbocycles. The molecular formula is C31H42O2Si. The molecule has 0 unspecified atom stereocenters. The zero-order valence-electron chi connectivity index (χ0n) is 21.2. The van der Waals surface area contributed by atoms with Crippen molar-refractivity contribution in [3.63, 3.8) is 0 Å². The maximum atomic E-state index is 6.92. The van der Waals surface area contributed by atoms with E-state index in [2.05, 4.69) is 98.8 Å². The summed E-state index contributed by atoms with van der Waals surface area (Å²) in [7, 11) is -2.91. The molecule has 0 heterocycles. The Balaban J connectivity index is 1.73. The fraction of sp³-hybridized carbons (Fsp3) is 0.419. The molecule has 0 aromatic heterocycles. The van der Waals surface area contributed by atoms with Crippen LogP contribution in [-0.4, -0.2) is 15.2 Å². The Labute approximate surface area is 208 Å². The van der Waals surface area contributed by atoms with Gasteiger partial charge in [-0.1, -0.05) is 138 Å². The maximum absolute atomic E-state index is 6.92. The van der Waals surface area contributed by atoms with Crippen molar-refractivity contribution in [2.24, 2.45) is 0 Å². The minimum atomic E-state index is -2.91. The molecule has 3 rings (SSSR count). The quantitative estimate of drug-likeness (QED) is 0.159. The van der Waals surface area contributed by atoms with Crippen LogP contribution in [0.5, 0.6) is 5.75 Å². The smallest absolute Gasteiger partial charge is 0.468 e. The van der Waals surface area contributed by atoms with Crippen LogP contribution in [0, 0.1) is 0 Å². The van der Waals surface area contributed by atoms with Gasteiger partial charge in [0.25, 0.3) is 0 Å². The van der Waals surface area contributed by atoms with Gasteiger partial charge in [0.05, 0.1) is 0 Å². The van der Waals surface area contributed by atoms with Crippen LogP contribution in [0.3, 0.4) is 0 Å². The van der Waals surface area contributed by atoms with E-state index in [4.69, 9.17) is 8.85 Å². The zero-order chi connectivity index (χ0) is 23.9. The van der Waals surface area contributed by atoms with E-state index < -0.39 is 8.56 Å². The molecular weight excluding hydrogens is 432 g/mol. The van der Waals surface area contributed by atoms with Gasteiger partial charge in [0, 0.05) is 17.0 Å². The van der Waals surface area contributed by atoms with Crippen molar-refractivity contribution in [3.05, 3.63) is 90.5 Å². The van der Waals surface area contributed by atoms with Gasteiger partial charge in [-0.25, -0.2) is 0 Å². The van der Waals surface area contributed by atoms with Crippen LogP contribution in [0.2, 0.25) is 0 Å². The van der Waals surface area contributed by atoms with Crippen molar-refractivity contribution in [1.82, 2.24) is 0 Å². The maximum Gasteiger partial charge on any atom is 0.468 e. The van der Waals surface area contributed by atoms with Crippen LogP contribution in [-0.2, 0) is 10.8 Å². The van der Waals surface area contributed by atoms with E-state index in [1.165, 1.54) is 56.9 Å². The van der Waals surface area contributed by atoms with Crippen LogP contribution in [0.25, 0.3) is 0 Å². The van der Waals surface area contributed by atoms with E-state index in [0.717, 1.165) is 35.6 Å². The highest BCUT2D eigenvalue weighted by molar-refractivity contribution is 6.93. The highest BCUT2D eigenvalue weighted by Crippen LogP contribution is 2.20. The average molecular weight is 475 g/mol. The monoisotopic (exact) mass is 474 g/mol. The molecule has 0 radical (unpaired) electrons. The Kier molecular flexibility index (Phi) is 11.4. The molecule has 0 saturated heterocycles. The lowest BCUT2D eigenvalue weighted by Gasteiger charge is -2.32. The first-order valence-corrected chi connectivity index (χ1v) is 15.1. The van der Waals surface area contributed by atoms with Crippen molar-refractivity contribution in [2.45, 2.75) is 78.1 Å². The first-order chi connectivity index (χ1) is 16.8. The second kappa shape index (κ2) is 14.8. The fourth-order valence-electron chi connectivity index (χ4n) is 4.42. The molecule has 0 amide bonds. The van der Waals surface area contributed by atoms with E-state index in [0.29, 0.717) is 0 Å². The summed E-state index contributed by atoms with van der Waals surface area (Å²) in [4.78, 5) is 0. The number of aryl methyl sites for hydroxylation is 1. The minimum Gasteiger partial charge on any atom is -0.514 e. The van der Waals surface area contributed by atoms with Gasteiger partial charge in [-0.15, -0.1) is 0 Å².